The summed E-state index contributed by atoms with van der Waals surface area (Å²) in [5, 5.41) is 9.56. The zero-order valence-electron chi connectivity index (χ0n) is 14.1. The molecular weight excluding hydrogens is 306 g/mol. The monoisotopic (exact) mass is 327 g/mol. The number of likely N-dealkylation sites (tertiary alicyclic amines) is 1. The van der Waals surface area contributed by atoms with Crippen molar-refractivity contribution in [2.75, 3.05) is 13.1 Å². The van der Waals surface area contributed by atoms with E-state index in [9.17, 15) is 14.7 Å². The van der Waals surface area contributed by atoms with Gasteiger partial charge >= 0.3 is 5.97 Å². The predicted molar refractivity (Wildman–Crippen MR) is 88.9 cm³/mol. The Labute approximate surface area is 140 Å². The fourth-order valence-corrected chi connectivity index (χ4v) is 3.40. The molecule has 1 fully saturated rings. The normalized spacial score (nSPS) is 20.4. The summed E-state index contributed by atoms with van der Waals surface area (Å²) in [4.78, 5) is 30.3. The van der Waals surface area contributed by atoms with Gasteiger partial charge in [0.1, 0.15) is 0 Å². The number of carbonyl (C=O) groups is 2. The molecule has 1 aliphatic rings. The second kappa shape index (κ2) is 6.11. The number of hydrogen-bond donors (Lipinski definition) is 1. The minimum Gasteiger partial charge on any atom is -0.481 e. The van der Waals surface area contributed by atoms with Gasteiger partial charge < -0.3 is 14.6 Å². The number of aromatic nitrogens is 2. The van der Waals surface area contributed by atoms with Crippen molar-refractivity contribution in [3.8, 4) is 0 Å². The van der Waals surface area contributed by atoms with Gasteiger partial charge in [-0.15, -0.1) is 0 Å². The number of amides is 1. The summed E-state index contributed by atoms with van der Waals surface area (Å²) >= 11 is 0. The third-order valence-corrected chi connectivity index (χ3v) is 5.04. The molecule has 1 amide bonds. The first kappa shape index (κ1) is 16.2. The number of pyridine rings is 1. The fourth-order valence-electron chi connectivity index (χ4n) is 3.40. The Kier molecular flexibility index (Phi) is 4.13. The molecule has 0 unspecified atom stereocenters. The summed E-state index contributed by atoms with van der Waals surface area (Å²) in [5.41, 5.74) is 3.41. The van der Waals surface area contributed by atoms with Crippen LogP contribution in [0.5, 0.6) is 0 Å². The molecule has 3 rings (SSSR count). The highest BCUT2D eigenvalue weighted by atomic mass is 16.4. The summed E-state index contributed by atoms with van der Waals surface area (Å²) in [6, 6.07) is 5.54. The fraction of sp³-hybridized carbons (Fsp3) is 0.389. The van der Waals surface area contributed by atoms with E-state index < -0.39 is 11.9 Å². The van der Waals surface area contributed by atoms with Crippen LogP contribution in [0.1, 0.15) is 33.2 Å². The van der Waals surface area contributed by atoms with E-state index in [2.05, 4.69) is 4.98 Å². The van der Waals surface area contributed by atoms with E-state index in [1.54, 1.807) is 23.4 Å². The Morgan fingerprint density at radius 2 is 2.04 bits per heavy atom. The number of rotatable bonds is 3. The number of carboxylic acids is 1. The molecule has 6 heteroatoms. The highest BCUT2D eigenvalue weighted by Crippen LogP contribution is 2.33. The molecule has 6 nitrogen and oxygen atoms in total. The predicted octanol–water partition coefficient (Wildman–Crippen LogP) is 1.98. The van der Waals surface area contributed by atoms with Gasteiger partial charge in [-0.25, -0.2) is 0 Å². The molecule has 3 heterocycles. The lowest BCUT2D eigenvalue weighted by molar-refractivity contribution is -0.141. The van der Waals surface area contributed by atoms with Gasteiger partial charge in [-0.3, -0.25) is 14.6 Å². The Balaban J connectivity index is 1.89. The van der Waals surface area contributed by atoms with Gasteiger partial charge in [0, 0.05) is 49.8 Å². The molecule has 0 aromatic carbocycles. The van der Waals surface area contributed by atoms with Crippen LogP contribution in [0, 0.1) is 19.8 Å². The lowest BCUT2D eigenvalue weighted by Gasteiger charge is -2.16. The van der Waals surface area contributed by atoms with Crippen molar-refractivity contribution in [3.05, 3.63) is 53.1 Å². The summed E-state index contributed by atoms with van der Waals surface area (Å²) in [6.45, 7) is 4.48. The molecular formula is C18H21N3O3. The van der Waals surface area contributed by atoms with E-state index in [0.717, 1.165) is 17.0 Å². The number of carbonyl (C=O) groups excluding carboxylic acids is 1. The van der Waals surface area contributed by atoms with Gasteiger partial charge in [-0.1, -0.05) is 6.07 Å². The third-order valence-electron chi connectivity index (χ3n) is 5.04. The number of carboxylic acid groups (broad SMARTS) is 1. The van der Waals surface area contributed by atoms with Gasteiger partial charge in [-0.2, -0.15) is 0 Å². The van der Waals surface area contributed by atoms with Crippen LogP contribution in [-0.2, 0) is 11.8 Å². The molecule has 0 aliphatic carbocycles. The molecule has 2 aromatic rings. The molecule has 0 saturated carbocycles. The van der Waals surface area contributed by atoms with Crippen molar-refractivity contribution in [1.82, 2.24) is 14.5 Å². The average Bonchev–Trinajstić information content (AvgIpc) is 3.13. The second-order valence-corrected chi connectivity index (χ2v) is 6.39. The van der Waals surface area contributed by atoms with E-state index in [1.165, 1.54) is 0 Å². The summed E-state index contributed by atoms with van der Waals surface area (Å²) < 4.78 is 1.97. The summed E-state index contributed by atoms with van der Waals surface area (Å²) in [5.74, 6) is -1.82. The molecule has 2 aromatic heterocycles. The Hall–Kier alpha value is -2.63. The number of nitrogens with zero attached hydrogens (tertiary/aromatic N) is 3. The van der Waals surface area contributed by atoms with Crippen LogP contribution >= 0.6 is 0 Å². The zero-order valence-corrected chi connectivity index (χ0v) is 14.1. The Bertz CT molecular complexity index is 782. The second-order valence-electron chi connectivity index (χ2n) is 6.39. The van der Waals surface area contributed by atoms with E-state index in [-0.39, 0.29) is 18.4 Å². The minimum absolute atomic E-state index is 0.103. The maximum Gasteiger partial charge on any atom is 0.308 e. The molecule has 0 bridgehead atoms. The molecule has 2 atom stereocenters. The SMILES string of the molecule is Cc1cc(C(=O)N2C[C@@H](C(=O)O)[C@H](c3cccnc3)C2)c(C)n1C. The number of aryl methyl sites for hydroxylation is 1. The number of aliphatic carboxylic acids is 1. The highest BCUT2D eigenvalue weighted by Gasteiger charge is 2.41. The van der Waals surface area contributed by atoms with Crippen LogP contribution in [0.4, 0.5) is 0 Å². The van der Waals surface area contributed by atoms with E-state index >= 15 is 0 Å². The molecule has 0 spiro atoms. The quantitative estimate of drug-likeness (QED) is 0.935. The van der Waals surface area contributed by atoms with Crippen LogP contribution in [0.2, 0.25) is 0 Å². The Morgan fingerprint density at radius 3 is 2.58 bits per heavy atom. The van der Waals surface area contributed by atoms with Crippen LogP contribution in [0.3, 0.4) is 0 Å². The van der Waals surface area contributed by atoms with E-state index in [4.69, 9.17) is 0 Å². The van der Waals surface area contributed by atoms with Gasteiger partial charge in [0.05, 0.1) is 11.5 Å². The minimum atomic E-state index is -0.875. The van der Waals surface area contributed by atoms with Crippen molar-refractivity contribution < 1.29 is 14.7 Å². The van der Waals surface area contributed by atoms with Crippen molar-refractivity contribution in [3.63, 3.8) is 0 Å². The first-order chi connectivity index (χ1) is 11.4. The molecule has 1 saturated heterocycles. The van der Waals surface area contributed by atoms with Crippen molar-refractivity contribution >= 4 is 11.9 Å². The van der Waals surface area contributed by atoms with Gasteiger partial charge in [0.25, 0.3) is 5.91 Å². The van der Waals surface area contributed by atoms with Crippen molar-refractivity contribution in [2.45, 2.75) is 19.8 Å². The van der Waals surface area contributed by atoms with Crippen molar-refractivity contribution in [2.24, 2.45) is 13.0 Å². The van der Waals surface area contributed by atoms with Crippen molar-refractivity contribution in [1.29, 1.82) is 0 Å². The molecule has 126 valence electrons. The lowest BCUT2D eigenvalue weighted by Crippen LogP contribution is -2.30. The number of hydrogen-bond acceptors (Lipinski definition) is 3. The first-order valence-corrected chi connectivity index (χ1v) is 7.95. The Morgan fingerprint density at radius 1 is 1.29 bits per heavy atom. The maximum atomic E-state index is 12.9. The zero-order chi connectivity index (χ0) is 17.4. The van der Waals surface area contributed by atoms with E-state index in [0.29, 0.717) is 12.1 Å². The van der Waals surface area contributed by atoms with Gasteiger partial charge in [0.2, 0.25) is 0 Å². The molecule has 0 radical (unpaired) electrons. The standard InChI is InChI=1S/C18H21N3O3/c1-11-7-14(12(2)20(11)3)17(22)21-9-15(16(10-21)18(23)24)13-5-4-6-19-8-13/h4-8,15-16H,9-10H2,1-3H3,(H,23,24)/t15-,16+/m0/s1. The average molecular weight is 327 g/mol. The summed E-state index contributed by atoms with van der Waals surface area (Å²) in [6.07, 6.45) is 3.35. The largest absolute Gasteiger partial charge is 0.481 e. The van der Waals surface area contributed by atoms with E-state index in [1.807, 2.05) is 37.6 Å². The van der Waals surface area contributed by atoms with Gasteiger partial charge in [0.15, 0.2) is 0 Å². The topological polar surface area (TPSA) is 75.4 Å². The lowest BCUT2D eigenvalue weighted by atomic mass is 9.90. The molecule has 24 heavy (non-hydrogen) atoms. The summed E-state index contributed by atoms with van der Waals surface area (Å²) in [7, 11) is 1.92. The smallest absolute Gasteiger partial charge is 0.308 e. The first-order valence-electron chi connectivity index (χ1n) is 7.95. The van der Waals surface area contributed by atoms with Crippen LogP contribution in [0.15, 0.2) is 30.6 Å². The maximum absolute atomic E-state index is 12.9. The van der Waals surface area contributed by atoms with Crippen LogP contribution in [-0.4, -0.2) is 44.5 Å². The van der Waals surface area contributed by atoms with Gasteiger partial charge in [-0.05, 0) is 31.5 Å². The third kappa shape index (κ3) is 2.68. The van der Waals surface area contributed by atoms with Crippen LogP contribution in [0.25, 0.3) is 0 Å². The van der Waals surface area contributed by atoms with Crippen LogP contribution < -0.4 is 0 Å². The molecule has 1 aliphatic heterocycles. The molecule has 1 N–H and O–H groups in total. The highest BCUT2D eigenvalue weighted by molar-refractivity contribution is 5.96.